The number of benzene rings is 1. The predicted octanol–water partition coefficient (Wildman–Crippen LogP) is 1.32. The zero-order valence-electron chi connectivity index (χ0n) is 11.0. The summed E-state index contributed by atoms with van der Waals surface area (Å²) in [6, 6.07) is 3.43. The van der Waals surface area contributed by atoms with E-state index in [1.54, 1.807) is 33.0 Å². The van der Waals surface area contributed by atoms with Crippen molar-refractivity contribution in [2.45, 2.75) is 26.1 Å². The maximum Gasteiger partial charge on any atom is 0.270 e. The van der Waals surface area contributed by atoms with Gasteiger partial charge in [0.2, 0.25) is 0 Å². The molecule has 5 nitrogen and oxygen atoms in total. The minimum Gasteiger partial charge on any atom is -0.493 e. The molecule has 0 aromatic heterocycles. The van der Waals surface area contributed by atoms with E-state index in [1.807, 2.05) is 0 Å². The number of carbonyl (C=O) groups excluding carboxylic acids is 1. The SMILES string of the molecule is COc1cc(CO)cc2c1OC(C)(C)C(=O)N2C. The molecule has 0 saturated heterocycles. The van der Waals surface area contributed by atoms with Crippen molar-refractivity contribution in [2.24, 2.45) is 0 Å². The Morgan fingerprint density at radius 1 is 1.44 bits per heavy atom. The van der Waals surface area contributed by atoms with Gasteiger partial charge in [-0.1, -0.05) is 0 Å². The molecule has 0 unspecified atom stereocenters. The number of aliphatic hydroxyl groups excluding tert-OH is 1. The molecule has 2 rings (SSSR count). The van der Waals surface area contributed by atoms with Gasteiger partial charge >= 0.3 is 0 Å². The van der Waals surface area contributed by atoms with E-state index >= 15 is 0 Å². The zero-order chi connectivity index (χ0) is 13.5. The standard InChI is InChI=1S/C13H17NO4/c1-13(2)12(16)14(3)9-5-8(7-15)6-10(17-4)11(9)18-13/h5-6,15H,7H2,1-4H3. The fraction of sp³-hybridized carbons (Fsp3) is 0.462. The lowest BCUT2D eigenvalue weighted by atomic mass is 10.0. The van der Waals surface area contributed by atoms with E-state index in [-0.39, 0.29) is 12.5 Å². The summed E-state index contributed by atoms with van der Waals surface area (Å²) >= 11 is 0. The van der Waals surface area contributed by atoms with E-state index in [0.29, 0.717) is 22.7 Å². The highest BCUT2D eigenvalue weighted by molar-refractivity contribution is 6.02. The largest absolute Gasteiger partial charge is 0.493 e. The van der Waals surface area contributed by atoms with Crippen molar-refractivity contribution in [3.8, 4) is 11.5 Å². The first-order chi connectivity index (χ1) is 8.40. The number of ether oxygens (including phenoxy) is 2. The summed E-state index contributed by atoms with van der Waals surface area (Å²) < 4.78 is 11.0. The van der Waals surface area contributed by atoms with Crippen LogP contribution < -0.4 is 14.4 Å². The molecule has 0 fully saturated rings. The highest BCUT2D eigenvalue weighted by Crippen LogP contribution is 2.44. The third kappa shape index (κ3) is 1.80. The van der Waals surface area contributed by atoms with Gasteiger partial charge in [0.15, 0.2) is 17.1 Å². The fourth-order valence-electron chi connectivity index (χ4n) is 2.05. The van der Waals surface area contributed by atoms with E-state index in [4.69, 9.17) is 9.47 Å². The molecule has 0 saturated carbocycles. The summed E-state index contributed by atoms with van der Waals surface area (Å²) in [7, 11) is 3.22. The van der Waals surface area contributed by atoms with Crippen LogP contribution in [0.2, 0.25) is 0 Å². The molecular formula is C13H17NO4. The third-order valence-electron chi connectivity index (χ3n) is 3.04. The topological polar surface area (TPSA) is 59.0 Å². The Bertz CT molecular complexity index is 496. The fourth-order valence-corrected chi connectivity index (χ4v) is 2.05. The smallest absolute Gasteiger partial charge is 0.270 e. The molecule has 1 amide bonds. The number of rotatable bonds is 2. The number of nitrogens with zero attached hydrogens (tertiary/aromatic N) is 1. The monoisotopic (exact) mass is 251 g/mol. The highest BCUT2D eigenvalue weighted by Gasteiger charge is 2.40. The van der Waals surface area contributed by atoms with Crippen LogP contribution in [0.15, 0.2) is 12.1 Å². The average molecular weight is 251 g/mol. The molecule has 1 aliphatic heterocycles. The molecule has 0 bridgehead atoms. The molecule has 1 aromatic rings. The zero-order valence-corrected chi connectivity index (χ0v) is 11.0. The van der Waals surface area contributed by atoms with Crippen LogP contribution in [0.1, 0.15) is 19.4 Å². The van der Waals surface area contributed by atoms with E-state index in [1.165, 1.54) is 12.0 Å². The predicted molar refractivity (Wildman–Crippen MR) is 67.0 cm³/mol. The van der Waals surface area contributed by atoms with Crippen molar-refractivity contribution < 1.29 is 19.4 Å². The van der Waals surface area contributed by atoms with Gasteiger partial charge in [-0.05, 0) is 31.5 Å². The van der Waals surface area contributed by atoms with Crippen LogP contribution in [0.3, 0.4) is 0 Å². The molecule has 18 heavy (non-hydrogen) atoms. The lowest BCUT2D eigenvalue weighted by molar-refractivity contribution is -0.132. The number of anilines is 1. The molecular weight excluding hydrogens is 234 g/mol. The quantitative estimate of drug-likeness (QED) is 0.861. The molecule has 5 heteroatoms. The maximum absolute atomic E-state index is 12.1. The Kier molecular flexibility index (Phi) is 2.94. The number of fused-ring (bicyclic) bond motifs is 1. The number of methoxy groups -OCH3 is 1. The van der Waals surface area contributed by atoms with Gasteiger partial charge in [-0.25, -0.2) is 0 Å². The average Bonchev–Trinajstić information content (AvgIpc) is 2.35. The Labute approximate surface area is 106 Å². The van der Waals surface area contributed by atoms with Gasteiger partial charge in [-0.2, -0.15) is 0 Å². The van der Waals surface area contributed by atoms with Crippen LogP contribution in [-0.4, -0.2) is 30.8 Å². The van der Waals surface area contributed by atoms with E-state index < -0.39 is 5.60 Å². The summed E-state index contributed by atoms with van der Waals surface area (Å²) in [5.41, 5.74) is 0.367. The van der Waals surface area contributed by atoms with Crippen molar-refractivity contribution in [1.82, 2.24) is 0 Å². The van der Waals surface area contributed by atoms with Crippen LogP contribution in [0.25, 0.3) is 0 Å². The Morgan fingerprint density at radius 2 is 2.11 bits per heavy atom. The molecule has 1 N–H and O–H groups in total. The lowest BCUT2D eigenvalue weighted by Crippen LogP contribution is -2.51. The number of hydrogen-bond donors (Lipinski definition) is 1. The molecule has 1 aliphatic rings. The van der Waals surface area contributed by atoms with Gasteiger partial charge in [0.05, 0.1) is 19.4 Å². The Balaban J connectivity index is 2.62. The molecule has 0 aliphatic carbocycles. The molecule has 0 atom stereocenters. The van der Waals surface area contributed by atoms with Crippen molar-refractivity contribution in [2.75, 3.05) is 19.1 Å². The van der Waals surface area contributed by atoms with E-state index in [9.17, 15) is 9.90 Å². The van der Waals surface area contributed by atoms with Crippen LogP contribution in [0.4, 0.5) is 5.69 Å². The number of aliphatic hydroxyl groups is 1. The molecule has 0 spiro atoms. The van der Waals surface area contributed by atoms with Gasteiger partial charge in [0.1, 0.15) is 0 Å². The molecule has 1 heterocycles. The van der Waals surface area contributed by atoms with Gasteiger partial charge < -0.3 is 19.5 Å². The number of hydrogen-bond acceptors (Lipinski definition) is 4. The minimum absolute atomic E-state index is 0.116. The molecule has 0 radical (unpaired) electrons. The summed E-state index contributed by atoms with van der Waals surface area (Å²) in [6.45, 7) is 3.32. The van der Waals surface area contributed by atoms with Crippen molar-refractivity contribution in [1.29, 1.82) is 0 Å². The Hall–Kier alpha value is -1.75. The van der Waals surface area contributed by atoms with Crippen LogP contribution >= 0.6 is 0 Å². The molecule has 1 aromatic carbocycles. The number of carbonyl (C=O) groups is 1. The number of likely N-dealkylation sites (N-methyl/N-ethyl adjacent to an activating group) is 1. The second-order valence-electron chi connectivity index (χ2n) is 4.78. The summed E-state index contributed by atoms with van der Waals surface area (Å²) in [4.78, 5) is 13.6. The van der Waals surface area contributed by atoms with Gasteiger partial charge in [-0.3, -0.25) is 4.79 Å². The summed E-state index contributed by atoms with van der Waals surface area (Å²) in [5.74, 6) is 0.915. The second-order valence-corrected chi connectivity index (χ2v) is 4.78. The van der Waals surface area contributed by atoms with Crippen LogP contribution in [0, 0.1) is 0 Å². The first kappa shape index (κ1) is 12.7. The van der Waals surface area contributed by atoms with E-state index in [0.717, 1.165) is 0 Å². The number of amides is 1. The van der Waals surface area contributed by atoms with Crippen molar-refractivity contribution >= 4 is 11.6 Å². The summed E-state index contributed by atoms with van der Waals surface area (Å²) in [5, 5.41) is 9.21. The van der Waals surface area contributed by atoms with Crippen LogP contribution in [0.5, 0.6) is 11.5 Å². The van der Waals surface area contributed by atoms with Crippen molar-refractivity contribution in [3.05, 3.63) is 17.7 Å². The van der Waals surface area contributed by atoms with E-state index in [2.05, 4.69) is 0 Å². The third-order valence-corrected chi connectivity index (χ3v) is 3.04. The van der Waals surface area contributed by atoms with Gasteiger partial charge in [-0.15, -0.1) is 0 Å². The summed E-state index contributed by atoms with van der Waals surface area (Å²) in [6.07, 6.45) is 0. The maximum atomic E-state index is 12.1. The highest BCUT2D eigenvalue weighted by atomic mass is 16.5. The lowest BCUT2D eigenvalue weighted by Gasteiger charge is -2.37. The first-order valence-corrected chi connectivity index (χ1v) is 5.69. The van der Waals surface area contributed by atoms with Gasteiger partial charge in [0, 0.05) is 7.05 Å². The second kappa shape index (κ2) is 4.17. The Morgan fingerprint density at radius 3 is 2.67 bits per heavy atom. The minimum atomic E-state index is -0.921. The normalized spacial score (nSPS) is 17.2. The first-order valence-electron chi connectivity index (χ1n) is 5.69. The van der Waals surface area contributed by atoms with Crippen LogP contribution in [-0.2, 0) is 11.4 Å². The van der Waals surface area contributed by atoms with Gasteiger partial charge in [0.25, 0.3) is 5.91 Å². The van der Waals surface area contributed by atoms with Crippen molar-refractivity contribution in [3.63, 3.8) is 0 Å². The molecule has 98 valence electrons.